The molecule has 0 bridgehead atoms. The van der Waals surface area contributed by atoms with Crippen LogP contribution in [0.15, 0.2) is 59.9 Å². The fourth-order valence-electron chi connectivity index (χ4n) is 2.98. The van der Waals surface area contributed by atoms with Gasteiger partial charge in [0.25, 0.3) is 0 Å². The highest BCUT2D eigenvalue weighted by molar-refractivity contribution is 8.03. The van der Waals surface area contributed by atoms with Crippen molar-refractivity contribution in [2.24, 2.45) is 0 Å². The van der Waals surface area contributed by atoms with E-state index in [0.717, 1.165) is 40.2 Å². The van der Waals surface area contributed by atoms with Crippen molar-refractivity contribution >= 4 is 40.8 Å². The van der Waals surface area contributed by atoms with E-state index >= 15 is 0 Å². The van der Waals surface area contributed by atoms with Gasteiger partial charge in [-0.25, -0.2) is 0 Å². The normalized spacial score (nSPS) is 13.2. The molecule has 27 heavy (non-hydrogen) atoms. The highest BCUT2D eigenvalue weighted by atomic mass is 35.5. The lowest BCUT2D eigenvalue weighted by atomic mass is 10.2. The predicted octanol–water partition coefficient (Wildman–Crippen LogP) is 4.67. The maximum atomic E-state index is 6.38. The summed E-state index contributed by atoms with van der Waals surface area (Å²) in [6.07, 6.45) is 3.84. The molecule has 0 aliphatic carbocycles. The second-order valence-corrected chi connectivity index (χ2v) is 8.05. The number of fused-ring (bicyclic) bond motifs is 3. The van der Waals surface area contributed by atoms with Crippen LogP contribution in [-0.2, 0) is 0 Å². The van der Waals surface area contributed by atoms with Gasteiger partial charge < -0.3 is 9.80 Å². The zero-order valence-electron chi connectivity index (χ0n) is 15.2. The first-order valence-corrected chi connectivity index (χ1v) is 10.0. The monoisotopic (exact) mass is 397 g/mol. The Balaban J connectivity index is 1.87. The van der Waals surface area contributed by atoms with Gasteiger partial charge in [-0.1, -0.05) is 29.8 Å². The van der Waals surface area contributed by atoms with Gasteiger partial charge in [-0.05, 0) is 44.4 Å². The molecule has 0 amide bonds. The van der Waals surface area contributed by atoms with Crippen LogP contribution in [0.3, 0.4) is 0 Å². The van der Waals surface area contributed by atoms with Crippen molar-refractivity contribution in [3.63, 3.8) is 0 Å². The van der Waals surface area contributed by atoms with Gasteiger partial charge in [0.05, 0.1) is 16.4 Å². The summed E-state index contributed by atoms with van der Waals surface area (Å²) in [5, 5.41) is 10.2. The quantitative estimate of drug-likeness (QED) is 0.625. The lowest BCUT2D eigenvalue weighted by Crippen LogP contribution is -2.18. The Morgan fingerprint density at radius 2 is 1.89 bits per heavy atom. The number of anilines is 2. The molecule has 4 rings (SSSR count). The van der Waals surface area contributed by atoms with Crippen molar-refractivity contribution in [3.05, 3.63) is 70.7 Å². The van der Waals surface area contributed by atoms with Crippen LogP contribution in [0.4, 0.5) is 11.4 Å². The molecule has 0 atom stereocenters. The topological polar surface area (TPSA) is 37.2 Å². The highest BCUT2D eigenvalue weighted by Gasteiger charge is 2.24. The smallest absolute Gasteiger partial charge is 0.163 e. The number of benzene rings is 2. The van der Waals surface area contributed by atoms with E-state index in [1.807, 2.05) is 41.0 Å². The zero-order chi connectivity index (χ0) is 18.8. The average Bonchev–Trinajstić information content (AvgIpc) is 3.06. The van der Waals surface area contributed by atoms with E-state index in [2.05, 4.69) is 52.3 Å². The molecule has 1 aliphatic heterocycles. The number of thioether (sulfide) groups is 1. The summed E-state index contributed by atoms with van der Waals surface area (Å²) in [6.45, 7) is 0.986. The van der Waals surface area contributed by atoms with Gasteiger partial charge >= 0.3 is 0 Å². The van der Waals surface area contributed by atoms with E-state index < -0.39 is 0 Å². The summed E-state index contributed by atoms with van der Waals surface area (Å²) < 4.78 is 2.00. The molecule has 5 nitrogen and oxygen atoms in total. The van der Waals surface area contributed by atoms with Crippen LogP contribution < -0.4 is 4.90 Å². The predicted molar refractivity (Wildman–Crippen MR) is 114 cm³/mol. The van der Waals surface area contributed by atoms with Gasteiger partial charge in [-0.3, -0.25) is 4.57 Å². The van der Waals surface area contributed by atoms with E-state index in [0.29, 0.717) is 5.02 Å². The third-order valence-corrected chi connectivity index (χ3v) is 5.51. The molecule has 0 N–H and O–H groups in total. The number of hydrogen-bond donors (Lipinski definition) is 0. The largest absolute Gasteiger partial charge is 0.309 e. The summed E-state index contributed by atoms with van der Waals surface area (Å²) in [4.78, 5) is 4.43. The third-order valence-electron chi connectivity index (χ3n) is 4.29. The average molecular weight is 398 g/mol. The number of halogens is 1. The molecule has 0 fully saturated rings. The molecule has 0 saturated heterocycles. The lowest BCUT2D eigenvalue weighted by molar-refractivity contribution is 0.437. The summed E-state index contributed by atoms with van der Waals surface area (Å²) in [5.41, 5.74) is 3.10. The van der Waals surface area contributed by atoms with Crippen molar-refractivity contribution in [3.8, 4) is 5.69 Å². The molecule has 3 aromatic rings. The minimum absolute atomic E-state index is 0.698. The van der Waals surface area contributed by atoms with E-state index in [9.17, 15) is 0 Å². The molecular formula is C20H20ClN5S. The second-order valence-electron chi connectivity index (χ2n) is 6.50. The maximum absolute atomic E-state index is 6.38. The first-order chi connectivity index (χ1) is 13.1. The van der Waals surface area contributed by atoms with E-state index in [-0.39, 0.29) is 0 Å². The van der Waals surface area contributed by atoms with Crippen molar-refractivity contribution in [1.29, 1.82) is 0 Å². The van der Waals surface area contributed by atoms with Crippen LogP contribution in [0.2, 0.25) is 5.02 Å². The van der Waals surface area contributed by atoms with Crippen LogP contribution in [0.1, 0.15) is 5.82 Å². The van der Waals surface area contributed by atoms with Gasteiger partial charge in [0.2, 0.25) is 0 Å². The van der Waals surface area contributed by atoms with Crippen LogP contribution in [0.25, 0.3) is 11.8 Å². The minimum atomic E-state index is 0.698. The molecule has 2 aromatic carbocycles. The van der Waals surface area contributed by atoms with Gasteiger partial charge in [0.1, 0.15) is 6.33 Å². The molecule has 1 aliphatic rings. The van der Waals surface area contributed by atoms with Crippen molar-refractivity contribution in [2.75, 3.05) is 31.3 Å². The van der Waals surface area contributed by atoms with E-state index in [1.165, 1.54) is 0 Å². The van der Waals surface area contributed by atoms with E-state index in [4.69, 9.17) is 11.6 Å². The Labute approximate surface area is 168 Å². The summed E-state index contributed by atoms with van der Waals surface area (Å²) in [7, 11) is 4.17. The number of aromatic nitrogens is 3. The Bertz CT molecular complexity index is 968. The molecule has 0 radical (unpaired) electrons. The molecule has 138 valence electrons. The van der Waals surface area contributed by atoms with Crippen molar-refractivity contribution < 1.29 is 0 Å². The van der Waals surface area contributed by atoms with Gasteiger partial charge in [-0.15, -0.1) is 22.0 Å². The van der Waals surface area contributed by atoms with Crippen LogP contribution in [-0.4, -0.2) is 46.1 Å². The fraction of sp³-hybridized carbons (Fsp3) is 0.200. The summed E-state index contributed by atoms with van der Waals surface area (Å²) in [5.74, 6) is 1.77. The molecule has 2 heterocycles. The highest BCUT2D eigenvalue weighted by Crippen LogP contribution is 2.42. The van der Waals surface area contributed by atoms with Gasteiger partial charge in [0, 0.05) is 29.1 Å². The number of para-hydroxylation sites is 1. The molecule has 0 spiro atoms. The standard InChI is InChI=1S/C20H20ClN5S/c1-24(2)10-11-27-20-13-19-23-22-14-25(19)17-9-8-15(21)12-18(17)26(20)16-6-4-3-5-7-16/h3-9,12-14H,10-11H2,1-2H3. The Hall–Kier alpha value is -2.28. The SMILES string of the molecule is CN(C)CCSC1=Cc2nncn2-c2ccc(Cl)cc2N1c1ccccc1. The first-order valence-electron chi connectivity index (χ1n) is 8.68. The molecule has 0 saturated carbocycles. The van der Waals surface area contributed by atoms with Crippen molar-refractivity contribution in [2.45, 2.75) is 0 Å². The Morgan fingerprint density at radius 1 is 1.07 bits per heavy atom. The van der Waals surface area contributed by atoms with Crippen molar-refractivity contribution in [1.82, 2.24) is 19.7 Å². The third kappa shape index (κ3) is 3.74. The van der Waals surface area contributed by atoms with Gasteiger partial charge in [0.15, 0.2) is 5.82 Å². The summed E-state index contributed by atoms with van der Waals surface area (Å²) in [6, 6.07) is 16.3. The molecular weight excluding hydrogens is 378 g/mol. The Morgan fingerprint density at radius 3 is 2.67 bits per heavy atom. The summed E-state index contributed by atoms with van der Waals surface area (Å²) >= 11 is 8.18. The first kappa shape index (κ1) is 18.1. The molecule has 0 unspecified atom stereocenters. The lowest BCUT2D eigenvalue weighted by Gasteiger charge is -2.28. The maximum Gasteiger partial charge on any atom is 0.163 e. The number of rotatable bonds is 5. The van der Waals surface area contributed by atoms with Crippen LogP contribution in [0.5, 0.6) is 0 Å². The van der Waals surface area contributed by atoms with Crippen LogP contribution >= 0.6 is 23.4 Å². The zero-order valence-corrected chi connectivity index (χ0v) is 16.8. The van der Waals surface area contributed by atoms with Crippen LogP contribution in [0, 0.1) is 0 Å². The molecule has 1 aromatic heterocycles. The fourth-order valence-corrected chi connectivity index (χ4v) is 4.34. The number of nitrogens with zero attached hydrogens (tertiary/aromatic N) is 5. The minimum Gasteiger partial charge on any atom is -0.309 e. The van der Waals surface area contributed by atoms with E-state index in [1.54, 1.807) is 18.1 Å². The second kappa shape index (κ2) is 7.76. The number of hydrogen-bond acceptors (Lipinski definition) is 5. The van der Waals surface area contributed by atoms with Gasteiger partial charge in [-0.2, -0.15) is 0 Å². The molecule has 7 heteroatoms. The Kier molecular flexibility index (Phi) is 5.20.